The van der Waals surface area contributed by atoms with Gasteiger partial charge in [-0.3, -0.25) is 4.90 Å². The van der Waals surface area contributed by atoms with Gasteiger partial charge in [0, 0.05) is 32.1 Å². The monoisotopic (exact) mass is 299 g/mol. The van der Waals surface area contributed by atoms with Crippen LogP contribution in [0.3, 0.4) is 0 Å². The van der Waals surface area contributed by atoms with Crippen molar-refractivity contribution in [3.05, 3.63) is 12.2 Å². The highest BCUT2D eigenvalue weighted by atomic mass is 35.5. The first-order valence-electron chi connectivity index (χ1n) is 7.56. The first-order chi connectivity index (χ1) is 9.69. The van der Waals surface area contributed by atoms with Crippen LogP contribution in [0, 0.1) is 5.92 Å². The fourth-order valence-electron chi connectivity index (χ4n) is 2.63. The maximum atomic E-state index is 5.83. The highest BCUT2D eigenvalue weighted by Gasteiger charge is 2.16. The standard InChI is InChI=1S/C14H26ClN5/c1-13(2)10-20-14(16-12-17-20)11-19-6-3-5-18(7-4-15)8-9-19/h12-13H,3-11H2,1-2H3. The van der Waals surface area contributed by atoms with E-state index in [1.54, 1.807) is 6.33 Å². The topological polar surface area (TPSA) is 37.2 Å². The number of halogens is 1. The molecule has 1 fully saturated rings. The maximum absolute atomic E-state index is 5.83. The molecule has 0 saturated carbocycles. The average Bonchev–Trinajstić information content (AvgIpc) is 2.69. The number of alkyl halides is 1. The lowest BCUT2D eigenvalue weighted by molar-refractivity contribution is 0.248. The summed E-state index contributed by atoms with van der Waals surface area (Å²) in [4.78, 5) is 9.36. The first-order valence-corrected chi connectivity index (χ1v) is 8.10. The molecule has 6 heteroatoms. The normalized spacial score (nSPS) is 18.6. The van der Waals surface area contributed by atoms with E-state index in [4.69, 9.17) is 11.6 Å². The van der Waals surface area contributed by atoms with Gasteiger partial charge in [-0.2, -0.15) is 5.10 Å². The molecule has 20 heavy (non-hydrogen) atoms. The molecule has 1 saturated heterocycles. The van der Waals surface area contributed by atoms with Crippen molar-refractivity contribution >= 4 is 11.6 Å². The Morgan fingerprint density at radius 1 is 1.20 bits per heavy atom. The van der Waals surface area contributed by atoms with Gasteiger partial charge in [-0.15, -0.1) is 11.6 Å². The van der Waals surface area contributed by atoms with Crippen molar-refractivity contribution < 1.29 is 0 Å². The van der Waals surface area contributed by atoms with Crippen LogP contribution in [0.2, 0.25) is 0 Å². The molecule has 0 amide bonds. The summed E-state index contributed by atoms with van der Waals surface area (Å²) >= 11 is 5.83. The minimum atomic E-state index is 0.596. The smallest absolute Gasteiger partial charge is 0.141 e. The summed E-state index contributed by atoms with van der Waals surface area (Å²) in [5, 5.41) is 4.34. The Morgan fingerprint density at radius 3 is 2.70 bits per heavy atom. The molecule has 0 aromatic carbocycles. The molecule has 1 aromatic heterocycles. The van der Waals surface area contributed by atoms with Gasteiger partial charge in [0.15, 0.2) is 0 Å². The number of rotatable bonds is 6. The zero-order chi connectivity index (χ0) is 14.4. The van der Waals surface area contributed by atoms with E-state index in [-0.39, 0.29) is 0 Å². The Hall–Kier alpha value is -0.650. The van der Waals surface area contributed by atoms with E-state index in [0.29, 0.717) is 5.92 Å². The third kappa shape index (κ3) is 4.72. The van der Waals surface area contributed by atoms with Gasteiger partial charge in [-0.25, -0.2) is 9.67 Å². The molecule has 0 aliphatic carbocycles. The average molecular weight is 300 g/mol. The second-order valence-electron chi connectivity index (χ2n) is 5.91. The lowest BCUT2D eigenvalue weighted by Crippen LogP contribution is -2.32. The lowest BCUT2D eigenvalue weighted by Gasteiger charge is -2.21. The Bertz CT molecular complexity index is 393. The molecule has 1 aliphatic heterocycles. The van der Waals surface area contributed by atoms with E-state index in [2.05, 4.69) is 33.7 Å². The van der Waals surface area contributed by atoms with E-state index in [9.17, 15) is 0 Å². The van der Waals surface area contributed by atoms with E-state index in [1.165, 1.54) is 6.42 Å². The molecule has 5 nitrogen and oxygen atoms in total. The molecule has 114 valence electrons. The first kappa shape index (κ1) is 15.7. The molecule has 0 unspecified atom stereocenters. The van der Waals surface area contributed by atoms with Crippen molar-refractivity contribution in [2.24, 2.45) is 5.92 Å². The molecule has 0 N–H and O–H groups in total. The predicted molar refractivity (Wildman–Crippen MR) is 81.9 cm³/mol. The largest absolute Gasteiger partial charge is 0.301 e. The molecular weight excluding hydrogens is 274 g/mol. The highest BCUT2D eigenvalue weighted by molar-refractivity contribution is 6.18. The Morgan fingerprint density at radius 2 is 1.95 bits per heavy atom. The van der Waals surface area contributed by atoms with Gasteiger partial charge in [0.1, 0.15) is 12.2 Å². The van der Waals surface area contributed by atoms with Gasteiger partial charge in [0.25, 0.3) is 0 Å². The minimum Gasteiger partial charge on any atom is -0.301 e. The third-order valence-corrected chi connectivity index (χ3v) is 3.85. The van der Waals surface area contributed by atoms with Crippen LogP contribution in [0.5, 0.6) is 0 Å². The zero-order valence-electron chi connectivity index (χ0n) is 12.6. The quantitative estimate of drug-likeness (QED) is 0.749. The summed E-state index contributed by atoms with van der Waals surface area (Å²) in [5.41, 5.74) is 0. The predicted octanol–water partition coefficient (Wildman–Crippen LogP) is 1.68. The maximum Gasteiger partial charge on any atom is 0.141 e. The molecule has 2 heterocycles. The van der Waals surface area contributed by atoms with Gasteiger partial charge in [-0.05, 0) is 25.4 Å². The summed E-state index contributed by atoms with van der Waals surface area (Å²) in [6.07, 6.45) is 2.88. The van der Waals surface area contributed by atoms with E-state index >= 15 is 0 Å². The van der Waals surface area contributed by atoms with Crippen LogP contribution >= 0.6 is 11.6 Å². The highest BCUT2D eigenvalue weighted by Crippen LogP contribution is 2.09. The number of nitrogens with zero attached hydrogens (tertiary/aromatic N) is 5. The van der Waals surface area contributed by atoms with Crippen LogP contribution in [-0.2, 0) is 13.1 Å². The van der Waals surface area contributed by atoms with Crippen molar-refractivity contribution in [3.8, 4) is 0 Å². The summed E-state index contributed by atoms with van der Waals surface area (Å²) in [6, 6.07) is 0. The van der Waals surface area contributed by atoms with Crippen molar-refractivity contribution in [1.29, 1.82) is 0 Å². The van der Waals surface area contributed by atoms with E-state index in [0.717, 1.165) is 57.5 Å². The van der Waals surface area contributed by atoms with E-state index < -0.39 is 0 Å². The molecule has 0 spiro atoms. The SMILES string of the molecule is CC(C)Cn1ncnc1CN1CCCN(CCCl)CC1. The summed E-state index contributed by atoms with van der Waals surface area (Å²) < 4.78 is 2.05. The van der Waals surface area contributed by atoms with Gasteiger partial charge in [0.05, 0.1) is 6.54 Å². The van der Waals surface area contributed by atoms with Crippen LogP contribution < -0.4 is 0 Å². The Kier molecular flexibility index (Phi) is 6.26. The Balaban J connectivity index is 1.88. The van der Waals surface area contributed by atoms with Crippen molar-refractivity contribution in [3.63, 3.8) is 0 Å². The summed E-state index contributed by atoms with van der Waals surface area (Å²) in [6.45, 7) is 11.7. The van der Waals surface area contributed by atoms with Crippen molar-refractivity contribution in [2.45, 2.75) is 33.4 Å². The van der Waals surface area contributed by atoms with Gasteiger partial charge in [0.2, 0.25) is 0 Å². The molecule has 0 atom stereocenters. The fraction of sp³-hybridized carbons (Fsp3) is 0.857. The third-order valence-electron chi connectivity index (χ3n) is 3.68. The van der Waals surface area contributed by atoms with Crippen LogP contribution in [0.15, 0.2) is 6.33 Å². The Labute approximate surface area is 126 Å². The molecule has 2 rings (SSSR count). The zero-order valence-corrected chi connectivity index (χ0v) is 13.4. The lowest BCUT2D eigenvalue weighted by atomic mass is 10.2. The van der Waals surface area contributed by atoms with Crippen LogP contribution in [0.4, 0.5) is 0 Å². The fourth-order valence-corrected chi connectivity index (χ4v) is 2.87. The van der Waals surface area contributed by atoms with E-state index in [1.807, 2.05) is 4.68 Å². The number of hydrogen-bond acceptors (Lipinski definition) is 4. The molecular formula is C14H26ClN5. The number of aromatic nitrogens is 3. The number of hydrogen-bond donors (Lipinski definition) is 0. The summed E-state index contributed by atoms with van der Waals surface area (Å²) in [5.74, 6) is 2.41. The van der Waals surface area contributed by atoms with Crippen LogP contribution in [-0.4, -0.2) is 63.2 Å². The molecule has 1 aromatic rings. The van der Waals surface area contributed by atoms with Gasteiger partial charge in [-0.1, -0.05) is 13.8 Å². The van der Waals surface area contributed by atoms with Gasteiger partial charge < -0.3 is 4.90 Å². The van der Waals surface area contributed by atoms with Gasteiger partial charge >= 0.3 is 0 Å². The minimum absolute atomic E-state index is 0.596. The van der Waals surface area contributed by atoms with Crippen LogP contribution in [0.1, 0.15) is 26.1 Å². The second-order valence-corrected chi connectivity index (χ2v) is 6.29. The second kappa shape index (κ2) is 7.96. The van der Waals surface area contributed by atoms with Crippen LogP contribution in [0.25, 0.3) is 0 Å². The molecule has 1 aliphatic rings. The van der Waals surface area contributed by atoms with Crippen molar-refractivity contribution in [2.75, 3.05) is 38.6 Å². The molecule has 0 bridgehead atoms. The summed E-state index contributed by atoms with van der Waals surface area (Å²) in [7, 11) is 0. The van der Waals surface area contributed by atoms with Crippen molar-refractivity contribution in [1.82, 2.24) is 24.6 Å². The molecule has 0 radical (unpaired) electrons.